The summed E-state index contributed by atoms with van der Waals surface area (Å²) in [6.07, 6.45) is 8.51. The highest BCUT2D eigenvalue weighted by atomic mass is 16.5. The third kappa shape index (κ3) is 5.43. The van der Waals surface area contributed by atoms with Gasteiger partial charge in [0, 0.05) is 20.2 Å². The zero-order valence-corrected chi connectivity index (χ0v) is 15.7. The third-order valence-corrected chi connectivity index (χ3v) is 5.77. The molecule has 2 N–H and O–H groups in total. The highest BCUT2D eigenvalue weighted by Gasteiger charge is 2.32. The van der Waals surface area contributed by atoms with Crippen LogP contribution in [0.25, 0.3) is 0 Å². The maximum Gasteiger partial charge on any atom is 0.242 e. The molecule has 1 saturated heterocycles. The zero-order chi connectivity index (χ0) is 17.5. The molecule has 2 fully saturated rings. The van der Waals surface area contributed by atoms with Gasteiger partial charge < -0.3 is 20.1 Å². The molecule has 0 aromatic carbocycles. The van der Waals surface area contributed by atoms with Gasteiger partial charge >= 0.3 is 0 Å². The van der Waals surface area contributed by atoms with Crippen molar-refractivity contribution in [2.24, 2.45) is 17.6 Å². The lowest BCUT2D eigenvalue weighted by molar-refractivity contribution is -0.140. The van der Waals surface area contributed by atoms with Crippen molar-refractivity contribution in [1.29, 1.82) is 0 Å². The number of methoxy groups -OCH3 is 1. The van der Waals surface area contributed by atoms with E-state index in [2.05, 4.69) is 6.92 Å². The zero-order valence-electron chi connectivity index (χ0n) is 15.7. The first-order valence-electron chi connectivity index (χ1n) is 9.71. The summed E-state index contributed by atoms with van der Waals surface area (Å²) < 4.78 is 11.4. The van der Waals surface area contributed by atoms with Crippen LogP contribution in [0.2, 0.25) is 0 Å². The Labute approximate surface area is 147 Å². The van der Waals surface area contributed by atoms with Gasteiger partial charge in [-0.05, 0) is 51.4 Å². The van der Waals surface area contributed by atoms with Crippen molar-refractivity contribution in [2.75, 3.05) is 26.8 Å². The number of ether oxygens (including phenoxy) is 2. The molecule has 2 aliphatic rings. The average molecular weight is 341 g/mol. The van der Waals surface area contributed by atoms with E-state index in [-0.39, 0.29) is 18.1 Å². The second kappa shape index (κ2) is 9.73. The molecular formula is C19H36N2O3. The van der Waals surface area contributed by atoms with Crippen LogP contribution in [0.3, 0.4) is 0 Å². The molecule has 5 heteroatoms. The van der Waals surface area contributed by atoms with Gasteiger partial charge in [-0.25, -0.2) is 0 Å². The van der Waals surface area contributed by atoms with Crippen molar-refractivity contribution < 1.29 is 14.3 Å². The molecule has 24 heavy (non-hydrogen) atoms. The van der Waals surface area contributed by atoms with Crippen molar-refractivity contribution in [1.82, 2.24) is 4.90 Å². The Balaban J connectivity index is 1.82. The fraction of sp³-hybridized carbons (Fsp3) is 0.947. The van der Waals surface area contributed by atoms with Gasteiger partial charge in [-0.1, -0.05) is 19.3 Å². The van der Waals surface area contributed by atoms with E-state index in [1.54, 1.807) is 7.11 Å². The lowest BCUT2D eigenvalue weighted by atomic mass is 9.86. The van der Waals surface area contributed by atoms with Crippen LogP contribution >= 0.6 is 0 Å². The number of nitrogens with zero attached hydrogens (tertiary/aromatic N) is 1. The number of carbonyl (C=O) groups is 1. The van der Waals surface area contributed by atoms with Crippen molar-refractivity contribution in [2.45, 2.75) is 77.0 Å². The molecule has 0 radical (unpaired) electrons. The Bertz CT molecular complexity index is 383. The van der Waals surface area contributed by atoms with Gasteiger partial charge in [0.25, 0.3) is 0 Å². The highest BCUT2D eigenvalue weighted by Crippen LogP contribution is 2.28. The molecule has 1 heterocycles. The number of hydrogen-bond donors (Lipinski definition) is 1. The van der Waals surface area contributed by atoms with Gasteiger partial charge in [0.15, 0.2) is 0 Å². The molecule has 1 amide bonds. The summed E-state index contributed by atoms with van der Waals surface area (Å²) in [7, 11) is 1.72. The summed E-state index contributed by atoms with van der Waals surface area (Å²) >= 11 is 0. The van der Waals surface area contributed by atoms with Gasteiger partial charge in [0.1, 0.15) is 6.04 Å². The van der Waals surface area contributed by atoms with E-state index in [1.807, 2.05) is 11.8 Å². The first kappa shape index (κ1) is 19.7. The summed E-state index contributed by atoms with van der Waals surface area (Å²) in [4.78, 5) is 14.6. The quantitative estimate of drug-likeness (QED) is 0.773. The number of hydrogen-bond acceptors (Lipinski definition) is 4. The monoisotopic (exact) mass is 340 g/mol. The second-order valence-corrected chi connectivity index (χ2v) is 7.72. The fourth-order valence-electron chi connectivity index (χ4n) is 4.19. The van der Waals surface area contributed by atoms with Crippen molar-refractivity contribution in [3.63, 3.8) is 0 Å². The minimum Gasteiger partial charge on any atom is -0.384 e. The van der Waals surface area contributed by atoms with Gasteiger partial charge in [-0.15, -0.1) is 0 Å². The molecule has 1 aliphatic carbocycles. The van der Waals surface area contributed by atoms with Crippen LogP contribution in [0, 0.1) is 11.8 Å². The first-order chi connectivity index (χ1) is 11.5. The summed E-state index contributed by atoms with van der Waals surface area (Å²) in [6, 6.07) is -0.572. The molecule has 2 rings (SSSR count). The lowest BCUT2D eigenvalue weighted by Gasteiger charge is -2.36. The van der Waals surface area contributed by atoms with Crippen molar-refractivity contribution >= 4 is 5.91 Å². The Morgan fingerprint density at radius 1 is 1.17 bits per heavy atom. The smallest absolute Gasteiger partial charge is 0.242 e. The molecule has 0 bridgehead atoms. The van der Waals surface area contributed by atoms with Crippen LogP contribution in [0.1, 0.15) is 58.8 Å². The highest BCUT2D eigenvalue weighted by molar-refractivity contribution is 5.82. The van der Waals surface area contributed by atoms with Crippen molar-refractivity contribution in [3.8, 4) is 0 Å². The topological polar surface area (TPSA) is 64.8 Å². The number of nitrogens with two attached hydrogens (primary N) is 1. The second-order valence-electron chi connectivity index (χ2n) is 7.72. The Kier molecular flexibility index (Phi) is 7.98. The molecule has 4 atom stereocenters. The lowest BCUT2D eigenvalue weighted by Crippen LogP contribution is -2.53. The summed E-state index contributed by atoms with van der Waals surface area (Å²) in [5.74, 6) is 1.07. The molecular weight excluding hydrogens is 304 g/mol. The Morgan fingerprint density at radius 2 is 1.88 bits per heavy atom. The van der Waals surface area contributed by atoms with E-state index in [4.69, 9.17) is 15.2 Å². The third-order valence-electron chi connectivity index (χ3n) is 5.77. The largest absolute Gasteiger partial charge is 0.384 e. The molecule has 1 aliphatic heterocycles. The normalized spacial score (nSPS) is 26.8. The number of piperidine rings is 1. The minimum absolute atomic E-state index is 0.0270. The van der Waals surface area contributed by atoms with Crippen LogP contribution < -0.4 is 5.73 Å². The van der Waals surface area contributed by atoms with Crippen LogP contribution in [0.4, 0.5) is 0 Å². The summed E-state index contributed by atoms with van der Waals surface area (Å²) in [6.45, 7) is 6.35. The van der Waals surface area contributed by atoms with Gasteiger partial charge in [-0.3, -0.25) is 4.79 Å². The molecule has 0 aromatic heterocycles. The molecule has 1 unspecified atom stereocenters. The summed E-state index contributed by atoms with van der Waals surface area (Å²) in [5.41, 5.74) is 6.24. The van der Waals surface area contributed by atoms with Crippen molar-refractivity contribution in [3.05, 3.63) is 0 Å². The molecule has 0 spiro atoms. The maximum absolute atomic E-state index is 12.7. The van der Waals surface area contributed by atoms with Crippen LogP contribution in [-0.2, 0) is 14.3 Å². The number of carbonyl (C=O) groups excluding carboxylic acids is 1. The average Bonchev–Trinajstić information content (AvgIpc) is 2.61. The van der Waals surface area contributed by atoms with E-state index < -0.39 is 6.04 Å². The van der Waals surface area contributed by atoms with Gasteiger partial charge in [0.05, 0.1) is 18.8 Å². The SMILES string of the molecule is COC[C@H]1CCCN(C(=O)[C@@H](N)[C@@H](C)OC(C)C2CCCCC2)C1. The van der Waals surface area contributed by atoms with Gasteiger partial charge in [0.2, 0.25) is 5.91 Å². The molecule has 0 aromatic rings. The van der Waals surface area contributed by atoms with E-state index in [9.17, 15) is 4.79 Å². The number of rotatable bonds is 7. The standard InChI is InChI=1S/C19H36N2O3/c1-14(17-9-5-4-6-10-17)24-15(2)18(20)19(22)21-11-7-8-16(12-21)13-23-3/h14-18H,4-13,20H2,1-3H3/t14?,15-,16+,18+/m1/s1. The molecule has 5 nitrogen and oxygen atoms in total. The van der Waals surface area contributed by atoms with Gasteiger partial charge in [-0.2, -0.15) is 0 Å². The number of amides is 1. The predicted octanol–water partition coefficient (Wildman–Crippen LogP) is 2.57. The first-order valence-corrected chi connectivity index (χ1v) is 9.71. The van der Waals surface area contributed by atoms with Crippen LogP contribution in [-0.4, -0.2) is 55.9 Å². The Morgan fingerprint density at radius 3 is 2.54 bits per heavy atom. The predicted molar refractivity (Wildman–Crippen MR) is 95.7 cm³/mol. The van der Waals surface area contributed by atoms with E-state index >= 15 is 0 Å². The van der Waals surface area contributed by atoms with E-state index in [0.717, 1.165) is 25.9 Å². The maximum atomic E-state index is 12.7. The summed E-state index contributed by atoms with van der Waals surface area (Å²) in [5, 5.41) is 0. The van der Waals surface area contributed by atoms with Crippen LogP contribution in [0.5, 0.6) is 0 Å². The van der Waals surface area contributed by atoms with E-state index in [0.29, 0.717) is 18.4 Å². The van der Waals surface area contributed by atoms with E-state index in [1.165, 1.54) is 32.1 Å². The minimum atomic E-state index is -0.572. The molecule has 140 valence electrons. The molecule has 1 saturated carbocycles. The number of likely N-dealkylation sites (tertiary alicyclic amines) is 1. The van der Waals surface area contributed by atoms with Crippen LogP contribution in [0.15, 0.2) is 0 Å². The fourth-order valence-corrected chi connectivity index (χ4v) is 4.19. The Hall–Kier alpha value is -0.650.